The summed E-state index contributed by atoms with van der Waals surface area (Å²) >= 11 is 0. The van der Waals surface area contributed by atoms with E-state index in [-0.39, 0.29) is 0 Å². The van der Waals surface area contributed by atoms with Crippen molar-refractivity contribution in [1.82, 2.24) is 0 Å². The molecule has 0 fully saturated rings. The van der Waals surface area contributed by atoms with Crippen LogP contribution in [0.3, 0.4) is 0 Å². The van der Waals surface area contributed by atoms with E-state index >= 15 is 0 Å². The van der Waals surface area contributed by atoms with Gasteiger partial charge >= 0.3 is 0 Å². The Morgan fingerprint density at radius 1 is 1.17 bits per heavy atom. The maximum Gasteiger partial charge on any atom is 0.119 e. The van der Waals surface area contributed by atoms with Crippen molar-refractivity contribution in [2.24, 2.45) is 5.92 Å². The van der Waals surface area contributed by atoms with E-state index in [9.17, 15) is 5.11 Å². The highest BCUT2D eigenvalue weighted by Gasteiger charge is 2.07. The predicted octanol–water partition coefficient (Wildman–Crippen LogP) is 4.34. The highest BCUT2D eigenvalue weighted by Crippen LogP contribution is 2.19. The third kappa shape index (κ3) is 5.09. The first-order chi connectivity index (χ1) is 8.67. The predicted molar refractivity (Wildman–Crippen MR) is 75.9 cm³/mol. The number of hydrogen-bond donors (Lipinski definition) is 1. The van der Waals surface area contributed by atoms with Gasteiger partial charge < -0.3 is 9.84 Å². The monoisotopic (exact) mass is 250 g/mol. The van der Waals surface area contributed by atoms with Crippen LogP contribution in [0, 0.1) is 5.92 Å². The minimum Gasteiger partial charge on any atom is -0.493 e. The smallest absolute Gasteiger partial charge is 0.119 e. The molecule has 2 nitrogen and oxygen atoms in total. The highest BCUT2D eigenvalue weighted by molar-refractivity contribution is 5.28. The van der Waals surface area contributed by atoms with Crippen molar-refractivity contribution >= 4 is 0 Å². The van der Waals surface area contributed by atoms with E-state index in [1.54, 1.807) is 6.92 Å². The Morgan fingerprint density at radius 2 is 1.83 bits per heavy atom. The lowest BCUT2D eigenvalue weighted by Gasteiger charge is -2.16. The van der Waals surface area contributed by atoms with Crippen LogP contribution >= 0.6 is 0 Å². The topological polar surface area (TPSA) is 29.5 Å². The van der Waals surface area contributed by atoms with Crippen molar-refractivity contribution in [3.05, 3.63) is 29.8 Å². The molecular weight excluding hydrogens is 224 g/mol. The summed E-state index contributed by atoms with van der Waals surface area (Å²) in [6.45, 7) is 7.01. The van der Waals surface area contributed by atoms with Crippen molar-refractivity contribution in [2.45, 2.75) is 52.6 Å². The maximum atomic E-state index is 9.43. The van der Waals surface area contributed by atoms with E-state index in [4.69, 9.17) is 4.74 Å². The Morgan fingerprint density at radius 3 is 2.33 bits per heavy atom. The normalized spacial score (nSPS) is 14.2. The first-order valence-corrected chi connectivity index (χ1v) is 7.08. The Labute approximate surface area is 111 Å². The molecule has 1 rings (SSSR count). The molecule has 0 amide bonds. The average molecular weight is 250 g/mol. The fourth-order valence-corrected chi connectivity index (χ4v) is 1.95. The van der Waals surface area contributed by atoms with Gasteiger partial charge in [0.2, 0.25) is 0 Å². The second kappa shape index (κ2) is 8.15. The van der Waals surface area contributed by atoms with Crippen LogP contribution in [0.25, 0.3) is 0 Å². The van der Waals surface area contributed by atoms with Crippen LogP contribution < -0.4 is 4.74 Å². The van der Waals surface area contributed by atoms with Crippen LogP contribution in [-0.2, 0) is 0 Å². The van der Waals surface area contributed by atoms with Crippen LogP contribution in [0.15, 0.2) is 24.3 Å². The van der Waals surface area contributed by atoms with Gasteiger partial charge in [0.05, 0.1) is 12.7 Å². The average Bonchev–Trinajstić information content (AvgIpc) is 2.39. The molecule has 0 aliphatic rings. The minimum atomic E-state index is -0.410. The maximum absolute atomic E-state index is 9.43. The van der Waals surface area contributed by atoms with Crippen molar-refractivity contribution in [3.63, 3.8) is 0 Å². The Bertz CT molecular complexity index is 316. The van der Waals surface area contributed by atoms with Gasteiger partial charge in [0.25, 0.3) is 0 Å². The molecule has 0 aromatic heterocycles. The molecule has 1 unspecified atom stereocenters. The summed E-state index contributed by atoms with van der Waals surface area (Å²) in [6, 6.07) is 7.73. The standard InChI is InChI=1S/C16H26O2/c1-4-6-7-14(5-2)12-18-16-10-8-15(9-11-16)13(3)17/h8-11,13-14,17H,4-7,12H2,1-3H3/t13-,14?/m0/s1. The molecule has 1 aromatic rings. The number of unbranched alkanes of at least 4 members (excludes halogenated alkanes) is 1. The van der Waals surface area contributed by atoms with Crippen molar-refractivity contribution in [2.75, 3.05) is 6.61 Å². The van der Waals surface area contributed by atoms with Crippen LogP contribution in [-0.4, -0.2) is 11.7 Å². The number of aliphatic hydroxyl groups excluding tert-OH is 1. The van der Waals surface area contributed by atoms with Gasteiger partial charge in [0.1, 0.15) is 5.75 Å². The molecular formula is C16H26O2. The van der Waals surface area contributed by atoms with Gasteiger partial charge in [0.15, 0.2) is 0 Å². The number of aliphatic hydroxyl groups is 1. The fraction of sp³-hybridized carbons (Fsp3) is 0.625. The van der Waals surface area contributed by atoms with E-state index in [1.807, 2.05) is 24.3 Å². The van der Waals surface area contributed by atoms with Crippen LogP contribution in [0.2, 0.25) is 0 Å². The SMILES string of the molecule is CCCCC(CC)COc1ccc([C@H](C)O)cc1. The Kier molecular flexibility index (Phi) is 6.81. The van der Waals surface area contributed by atoms with Gasteiger partial charge in [-0.25, -0.2) is 0 Å². The van der Waals surface area contributed by atoms with Gasteiger partial charge in [-0.3, -0.25) is 0 Å². The summed E-state index contributed by atoms with van der Waals surface area (Å²) in [7, 11) is 0. The zero-order valence-electron chi connectivity index (χ0n) is 11.9. The molecule has 0 radical (unpaired) electrons. The van der Waals surface area contributed by atoms with Gasteiger partial charge in [0, 0.05) is 0 Å². The lowest BCUT2D eigenvalue weighted by Crippen LogP contribution is -2.11. The zero-order chi connectivity index (χ0) is 13.4. The van der Waals surface area contributed by atoms with E-state index in [1.165, 1.54) is 25.7 Å². The lowest BCUT2D eigenvalue weighted by atomic mass is 10.0. The molecule has 0 aliphatic heterocycles. The quantitative estimate of drug-likeness (QED) is 0.744. The molecule has 102 valence electrons. The van der Waals surface area contributed by atoms with Crippen LogP contribution in [0.4, 0.5) is 0 Å². The summed E-state index contributed by atoms with van der Waals surface area (Å²) < 4.78 is 5.81. The second-order valence-electron chi connectivity index (χ2n) is 4.97. The van der Waals surface area contributed by atoms with E-state index < -0.39 is 6.10 Å². The van der Waals surface area contributed by atoms with Gasteiger partial charge in [-0.2, -0.15) is 0 Å². The lowest BCUT2D eigenvalue weighted by molar-refractivity contribution is 0.199. The summed E-state index contributed by atoms with van der Waals surface area (Å²) in [6.07, 6.45) is 4.54. The largest absolute Gasteiger partial charge is 0.493 e. The van der Waals surface area contributed by atoms with Gasteiger partial charge in [-0.05, 0) is 37.0 Å². The molecule has 18 heavy (non-hydrogen) atoms. The van der Waals surface area contributed by atoms with Crippen molar-refractivity contribution in [1.29, 1.82) is 0 Å². The second-order valence-corrected chi connectivity index (χ2v) is 4.97. The molecule has 0 heterocycles. The third-order valence-electron chi connectivity index (χ3n) is 3.39. The molecule has 2 heteroatoms. The molecule has 1 N–H and O–H groups in total. The van der Waals surface area contributed by atoms with Crippen molar-refractivity contribution in [3.8, 4) is 5.75 Å². The minimum absolute atomic E-state index is 0.410. The molecule has 1 aromatic carbocycles. The molecule has 0 bridgehead atoms. The first kappa shape index (κ1) is 15.0. The third-order valence-corrected chi connectivity index (χ3v) is 3.39. The van der Waals surface area contributed by atoms with Crippen LogP contribution in [0.5, 0.6) is 5.75 Å². The van der Waals surface area contributed by atoms with Crippen molar-refractivity contribution < 1.29 is 9.84 Å². The summed E-state index contributed by atoms with van der Waals surface area (Å²) in [5, 5.41) is 9.43. The van der Waals surface area contributed by atoms with Gasteiger partial charge in [-0.1, -0.05) is 45.2 Å². The van der Waals surface area contributed by atoms with Crippen LogP contribution in [0.1, 0.15) is 58.1 Å². The molecule has 0 aliphatic carbocycles. The summed E-state index contributed by atoms with van der Waals surface area (Å²) in [5.74, 6) is 1.55. The number of hydrogen-bond acceptors (Lipinski definition) is 2. The Balaban J connectivity index is 2.42. The molecule has 0 saturated carbocycles. The summed E-state index contributed by atoms with van der Waals surface area (Å²) in [5.41, 5.74) is 0.931. The number of ether oxygens (including phenoxy) is 1. The van der Waals surface area contributed by atoms with E-state index in [2.05, 4.69) is 13.8 Å². The highest BCUT2D eigenvalue weighted by atomic mass is 16.5. The Hall–Kier alpha value is -1.02. The molecule has 0 saturated heterocycles. The van der Waals surface area contributed by atoms with E-state index in [0.29, 0.717) is 5.92 Å². The van der Waals surface area contributed by atoms with Gasteiger partial charge in [-0.15, -0.1) is 0 Å². The fourth-order valence-electron chi connectivity index (χ4n) is 1.95. The first-order valence-electron chi connectivity index (χ1n) is 7.08. The number of benzene rings is 1. The van der Waals surface area contributed by atoms with E-state index in [0.717, 1.165) is 17.9 Å². The number of rotatable bonds is 8. The molecule has 2 atom stereocenters. The zero-order valence-corrected chi connectivity index (χ0v) is 11.9. The summed E-state index contributed by atoms with van der Waals surface area (Å²) in [4.78, 5) is 0. The molecule has 0 spiro atoms.